The van der Waals surface area contributed by atoms with Crippen molar-refractivity contribution >= 4 is 12.0 Å². The van der Waals surface area contributed by atoms with Crippen molar-refractivity contribution < 1.29 is 19.1 Å². The van der Waals surface area contributed by atoms with Gasteiger partial charge in [0.15, 0.2) is 0 Å². The lowest BCUT2D eigenvalue weighted by molar-refractivity contribution is -0.124. The van der Waals surface area contributed by atoms with Crippen LogP contribution >= 0.6 is 0 Å². The van der Waals surface area contributed by atoms with Crippen LogP contribution in [0.2, 0.25) is 0 Å². The molecule has 2 amide bonds. The van der Waals surface area contributed by atoms with Crippen LogP contribution in [0.25, 0.3) is 0 Å². The highest BCUT2D eigenvalue weighted by Gasteiger charge is 2.20. The van der Waals surface area contributed by atoms with Crippen LogP contribution in [0.4, 0.5) is 4.79 Å². The number of rotatable bonds is 7. The zero-order valence-corrected chi connectivity index (χ0v) is 11.7. The van der Waals surface area contributed by atoms with Gasteiger partial charge >= 0.3 is 6.09 Å². The van der Waals surface area contributed by atoms with Crippen LogP contribution < -0.4 is 10.6 Å². The van der Waals surface area contributed by atoms with E-state index in [0.717, 1.165) is 5.56 Å². The van der Waals surface area contributed by atoms with E-state index in [1.165, 1.54) is 7.11 Å². The summed E-state index contributed by atoms with van der Waals surface area (Å²) in [6, 6.07) is 8.73. The summed E-state index contributed by atoms with van der Waals surface area (Å²) >= 11 is 0. The molecule has 0 heterocycles. The Morgan fingerprint density at radius 3 is 2.55 bits per heavy atom. The van der Waals surface area contributed by atoms with E-state index in [-0.39, 0.29) is 19.1 Å². The lowest BCUT2D eigenvalue weighted by Gasteiger charge is -2.17. The molecule has 0 aliphatic carbocycles. The van der Waals surface area contributed by atoms with Crippen molar-refractivity contribution in [1.29, 1.82) is 0 Å². The molecule has 2 N–H and O–H groups in total. The summed E-state index contributed by atoms with van der Waals surface area (Å²) in [7, 11) is 1.46. The van der Waals surface area contributed by atoms with Crippen LogP contribution in [0, 0.1) is 0 Å². The standard InChI is InChI=1S/C14H20N2O4/c1-3-20-14(18)16-12(10-19-2)13(17)15-9-11-7-5-4-6-8-11/h4-8,12H,3,9-10H2,1-2H3,(H,15,17)(H,16,18). The number of methoxy groups -OCH3 is 1. The molecule has 0 bridgehead atoms. The molecule has 20 heavy (non-hydrogen) atoms. The third kappa shape index (κ3) is 5.71. The van der Waals surface area contributed by atoms with Crippen molar-refractivity contribution in [2.45, 2.75) is 19.5 Å². The molecule has 0 aromatic heterocycles. The van der Waals surface area contributed by atoms with Crippen molar-refractivity contribution in [3.8, 4) is 0 Å². The Balaban J connectivity index is 2.49. The van der Waals surface area contributed by atoms with Gasteiger partial charge in [0.05, 0.1) is 13.2 Å². The molecule has 1 atom stereocenters. The molecule has 1 aromatic carbocycles. The Morgan fingerprint density at radius 1 is 1.25 bits per heavy atom. The van der Waals surface area contributed by atoms with Gasteiger partial charge in [0.1, 0.15) is 6.04 Å². The van der Waals surface area contributed by atoms with Crippen molar-refractivity contribution in [2.24, 2.45) is 0 Å². The number of hydrogen-bond donors (Lipinski definition) is 2. The van der Waals surface area contributed by atoms with Crippen LogP contribution in [0.5, 0.6) is 0 Å². The summed E-state index contributed by atoms with van der Waals surface area (Å²) in [6.07, 6.45) is -0.635. The molecule has 1 unspecified atom stereocenters. The average Bonchev–Trinajstić information content (AvgIpc) is 2.45. The molecular formula is C14H20N2O4. The van der Waals surface area contributed by atoms with E-state index >= 15 is 0 Å². The molecule has 110 valence electrons. The monoisotopic (exact) mass is 280 g/mol. The maximum Gasteiger partial charge on any atom is 0.407 e. The number of carbonyl (C=O) groups excluding carboxylic acids is 2. The Morgan fingerprint density at radius 2 is 1.95 bits per heavy atom. The summed E-state index contributed by atoms with van der Waals surface area (Å²) in [5.41, 5.74) is 0.980. The predicted molar refractivity (Wildman–Crippen MR) is 74.1 cm³/mol. The SMILES string of the molecule is CCOC(=O)NC(COC)C(=O)NCc1ccccc1. The second kappa shape index (κ2) is 8.92. The van der Waals surface area contributed by atoms with Gasteiger partial charge < -0.3 is 20.1 Å². The van der Waals surface area contributed by atoms with Gasteiger partial charge in [-0.2, -0.15) is 0 Å². The molecular weight excluding hydrogens is 260 g/mol. The first-order chi connectivity index (χ1) is 9.67. The van der Waals surface area contributed by atoms with E-state index in [4.69, 9.17) is 9.47 Å². The molecule has 6 heteroatoms. The van der Waals surface area contributed by atoms with Gasteiger partial charge in [-0.3, -0.25) is 4.79 Å². The number of nitrogens with one attached hydrogen (secondary N) is 2. The van der Waals surface area contributed by atoms with E-state index in [0.29, 0.717) is 6.54 Å². The van der Waals surface area contributed by atoms with Crippen molar-refractivity contribution in [1.82, 2.24) is 10.6 Å². The van der Waals surface area contributed by atoms with Gasteiger partial charge in [-0.15, -0.1) is 0 Å². The number of ether oxygens (including phenoxy) is 2. The van der Waals surface area contributed by atoms with Crippen LogP contribution in [0.15, 0.2) is 30.3 Å². The first kappa shape index (κ1) is 16.0. The minimum absolute atomic E-state index is 0.0828. The fraction of sp³-hybridized carbons (Fsp3) is 0.429. The van der Waals surface area contributed by atoms with Crippen LogP contribution in [-0.2, 0) is 20.8 Å². The number of carbonyl (C=O) groups is 2. The Bertz CT molecular complexity index is 422. The van der Waals surface area contributed by atoms with E-state index in [2.05, 4.69) is 10.6 Å². The second-order valence-electron chi connectivity index (χ2n) is 4.08. The van der Waals surface area contributed by atoms with Gasteiger partial charge in [-0.1, -0.05) is 30.3 Å². The van der Waals surface area contributed by atoms with Crippen molar-refractivity contribution in [3.63, 3.8) is 0 Å². The van der Waals surface area contributed by atoms with Gasteiger partial charge in [0, 0.05) is 13.7 Å². The van der Waals surface area contributed by atoms with E-state index < -0.39 is 12.1 Å². The fourth-order valence-corrected chi connectivity index (χ4v) is 1.57. The van der Waals surface area contributed by atoms with Gasteiger partial charge in [-0.05, 0) is 12.5 Å². The fourth-order valence-electron chi connectivity index (χ4n) is 1.57. The minimum Gasteiger partial charge on any atom is -0.450 e. The van der Waals surface area contributed by atoms with E-state index in [9.17, 15) is 9.59 Å². The normalized spacial score (nSPS) is 11.5. The Labute approximate surface area is 118 Å². The quantitative estimate of drug-likeness (QED) is 0.783. The third-order valence-corrected chi connectivity index (χ3v) is 2.53. The molecule has 1 rings (SSSR count). The van der Waals surface area contributed by atoms with E-state index in [1.54, 1.807) is 6.92 Å². The summed E-state index contributed by atoms with van der Waals surface area (Å²) in [4.78, 5) is 23.3. The summed E-state index contributed by atoms with van der Waals surface area (Å²) in [6.45, 7) is 2.42. The summed E-state index contributed by atoms with van der Waals surface area (Å²) in [5.74, 6) is -0.316. The number of amides is 2. The minimum atomic E-state index is -0.775. The second-order valence-corrected chi connectivity index (χ2v) is 4.08. The molecule has 0 saturated carbocycles. The predicted octanol–water partition coefficient (Wildman–Crippen LogP) is 1.06. The lowest BCUT2D eigenvalue weighted by Crippen LogP contribution is -2.49. The number of hydrogen-bond acceptors (Lipinski definition) is 4. The average molecular weight is 280 g/mol. The van der Waals surface area contributed by atoms with Crippen LogP contribution in [0.3, 0.4) is 0 Å². The van der Waals surface area contributed by atoms with Gasteiger partial charge in [0.2, 0.25) is 5.91 Å². The largest absolute Gasteiger partial charge is 0.450 e. The maximum absolute atomic E-state index is 12.0. The molecule has 1 aromatic rings. The third-order valence-electron chi connectivity index (χ3n) is 2.53. The Kier molecular flexibility index (Phi) is 7.13. The van der Waals surface area contributed by atoms with E-state index in [1.807, 2.05) is 30.3 Å². The molecule has 0 aliphatic rings. The van der Waals surface area contributed by atoms with Crippen molar-refractivity contribution in [3.05, 3.63) is 35.9 Å². The molecule has 0 fully saturated rings. The van der Waals surface area contributed by atoms with Crippen LogP contribution in [0.1, 0.15) is 12.5 Å². The lowest BCUT2D eigenvalue weighted by atomic mass is 10.2. The highest BCUT2D eigenvalue weighted by atomic mass is 16.5. The molecule has 0 aliphatic heterocycles. The molecule has 6 nitrogen and oxygen atoms in total. The zero-order valence-electron chi connectivity index (χ0n) is 11.7. The summed E-state index contributed by atoms with van der Waals surface area (Å²) in [5, 5.41) is 5.20. The van der Waals surface area contributed by atoms with Gasteiger partial charge in [-0.25, -0.2) is 4.79 Å². The first-order valence-corrected chi connectivity index (χ1v) is 6.41. The van der Waals surface area contributed by atoms with Gasteiger partial charge in [0.25, 0.3) is 0 Å². The molecule has 0 radical (unpaired) electrons. The topological polar surface area (TPSA) is 76.7 Å². The Hall–Kier alpha value is -2.08. The highest BCUT2D eigenvalue weighted by Crippen LogP contribution is 1.98. The highest BCUT2D eigenvalue weighted by molar-refractivity contribution is 5.85. The van der Waals surface area contributed by atoms with Crippen LogP contribution in [-0.4, -0.2) is 38.4 Å². The number of benzene rings is 1. The number of alkyl carbamates (subject to hydrolysis) is 1. The smallest absolute Gasteiger partial charge is 0.407 e. The molecule has 0 saturated heterocycles. The molecule has 0 spiro atoms. The van der Waals surface area contributed by atoms with Crippen molar-refractivity contribution in [2.75, 3.05) is 20.3 Å². The first-order valence-electron chi connectivity index (χ1n) is 6.41. The zero-order chi connectivity index (χ0) is 14.8. The summed E-state index contributed by atoms with van der Waals surface area (Å²) < 4.78 is 9.67. The maximum atomic E-state index is 12.0.